The Morgan fingerprint density at radius 2 is 1.82 bits per heavy atom. The first-order chi connectivity index (χ1) is 13.5. The summed E-state index contributed by atoms with van der Waals surface area (Å²) in [6.07, 6.45) is 4.07. The van der Waals surface area contributed by atoms with Crippen molar-refractivity contribution in [3.63, 3.8) is 0 Å². The van der Waals surface area contributed by atoms with Crippen molar-refractivity contribution >= 4 is 35.3 Å². The van der Waals surface area contributed by atoms with Gasteiger partial charge in [-0.25, -0.2) is 9.29 Å². The second kappa shape index (κ2) is 7.06. The largest absolute Gasteiger partial charge is 0.481 e. The summed E-state index contributed by atoms with van der Waals surface area (Å²) < 4.78 is 20.1. The van der Waals surface area contributed by atoms with Gasteiger partial charge in [0.25, 0.3) is 17.7 Å². The second-order valence-corrected chi connectivity index (χ2v) is 6.64. The van der Waals surface area contributed by atoms with Gasteiger partial charge in [0.05, 0.1) is 24.1 Å². The number of hydrogen-bond acceptors (Lipinski definition) is 6. The lowest BCUT2D eigenvalue weighted by atomic mass is 9.93. The molecule has 146 valence electrons. The number of carbonyl (C=O) groups excluding carboxylic acids is 3. The van der Waals surface area contributed by atoms with E-state index in [0.717, 1.165) is 23.8 Å². The molecule has 0 N–H and O–H groups in total. The molecule has 0 unspecified atom stereocenters. The number of anilines is 2. The van der Waals surface area contributed by atoms with Crippen molar-refractivity contribution in [3.05, 3.63) is 29.1 Å². The highest BCUT2D eigenvalue weighted by Gasteiger charge is 2.41. The van der Waals surface area contributed by atoms with Gasteiger partial charge in [-0.05, 0) is 31.7 Å². The summed E-state index contributed by atoms with van der Waals surface area (Å²) in [5, 5.41) is 3.60. The second-order valence-electron chi connectivity index (χ2n) is 6.64. The molecule has 1 aromatic carbocycles. The van der Waals surface area contributed by atoms with Gasteiger partial charge in [0, 0.05) is 17.2 Å². The molecule has 2 aliphatic heterocycles. The average Bonchev–Trinajstić information content (AvgIpc) is 2.94. The third-order valence-corrected chi connectivity index (χ3v) is 5.05. The molecule has 0 spiro atoms. The Kier molecular flexibility index (Phi) is 4.58. The van der Waals surface area contributed by atoms with Crippen molar-refractivity contribution in [1.82, 2.24) is 0 Å². The number of imide groups is 1. The quantitative estimate of drug-likeness (QED) is 0.447. The molecule has 28 heavy (non-hydrogen) atoms. The monoisotopic (exact) mass is 387 g/mol. The predicted molar refractivity (Wildman–Crippen MR) is 97.7 cm³/mol. The Labute approximate surface area is 160 Å². The lowest BCUT2D eigenvalue weighted by Crippen LogP contribution is -2.40. The first kappa shape index (κ1) is 18.1. The van der Waals surface area contributed by atoms with E-state index in [1.165, 1.54) is 24.3 Å². The summed E-state index contributed by atoms with van der Waals surface area (Å²) in [5.74, 6) is -1.95. The zero-order chi connectivity index (χ0) is 19.8. The lowest BCUT2D eigenvalue weighted by Gasteiger charge is -2.29. The van der Waals surface area contributed by atoms with E-state index < -0.39 is 17.6 Å². The number of rotatable bonds is 4. The van der Waals surface area contributed by atoms with Crippen LogP contribution in [0.2, 0.25) is 0 Å². The predicted octanol–water partition coefficient (Wildman–Crippen LogP) is 1.93. The molecule has 2 heterocycles. The van der Waals surface area contributed by atoms with Gasteiger partial charge < -0.3 is 14.5 Å². The van der Waals surface area contributed by atoms with E-state index in [1.54, 1.807) is 0 Å². The minimum Gasteiger partial charge on any atom is -0.481 e. The van der Waals surface area contributed by atoms with Crippen LogP contribution in [-0.2, 0) is 19.2 Å². The molecule has 0 aromatic heterocycles. The number of amides is 3. The van der Waals surface area contributed by atoms with Crippen molar-refractivity contribution in [2.45, 2.75) is 25.7 Å². The fourth-order valence-corrected chi connectivity index (χ4v) is 3.73. The summed E-state index contributed by atoms with van der Waals surface area (Å²) in [4.78, 5) is 44.6. The summed E-state index contributed by atoms with van der Waals surface area (Å²) in [6, 6.07) is 2.39. The molecule has 3 amide bonds. The van der Waals surface area contributed by atoms with E-state index in [-0.39, 0.29) is 36.2 Å². The smallest absolute Gasteiger partial charge is 0.265 e. The SMILES string of the molecule is CO/N=C/CN1C(=O)COc2cc(F)c(N3C(=O)C4=C(CCCC4)C3=O)cc21. The molecule has 0 radical (unpaired) electrons. The number of halogens is 1. The molecule has 9 heteroatoms. The van der Waals surface area contributed by atoms with Gasteiger partial charge in [-0.2, -0.15) is 0 Å². The Morgan fingerprint density at radius 1 is 1.14 bits per heavy atom. The molecule has 0 atom stereocenters. The maximum Gasteiger partial charge on any atom is 0.265 e. The summed E-state index contributed by atoms with van der Waals surface area (Å²) in [6.45, 7) is -0.172. The van der Waals surface area contributed by atoms with Crippen LogP contribution in [0.15, 0.2) is 28.4 Å². The van der Waals surface area contributed by atoms with Crippen molar-refractivity contribution in [1.29, 1.82) is 0 Å². The molecule has 0 saturated heterocycles. The average molecular weight is 387 g/mol. The summed E-state index contributed by atoms with van der Waals surface area (Å²) in [7, 11) is 1.37. The topological polar surface area (TPSA) is 88.5 Å². The maximum atomic E-state index is 14.8. The highest BCUT2D eigenvalue weighted by Crippen LogP contribution is 2.41. The van der Waals surface area contributed by atoms with Crippen LogP contribution in [0, 0.1) is 5.82 Å². The van der Waals surface area contributed by atoms with Crippen molar-refractivity contribution in [2.75, 3.05) is 30.1 Å². The fourth-order valence-electron chi connectivity index (χ4n) is 3.73. The fraction of sp³-hybridized carbons (Fsp3) is 0.368. The number of nitrogens with zero attached hydrogens (tertiary/aromatic N) is 3. The van der Waals surface area contributed by atoms with Crippen LogP contribution < -0.4 is 14.5 Å². The van der Waals surface area contributed by atoms with Gasteiger partial charge in [-0.3, -0.25) is 14.4 Å². The third kappa shape index (κ3) is 2.83. The first-order valence-corrected chi connectivity index (χ1v) is 8.95. The van der Waals surface area contributed by atoms with E-state index in [4.69, 9.17) is 4.74 Å². The molecule has 4 rings (SSSR count). The number of benzene rings is 1. The van der Waals surface area contributed by atoms with Crippen LogP contribution in [0.3, 0.4) is 0 Å². The van der Waals surface area contributed by atoms with E-state index in [2.05, 4.69) is 9.99 Å². The minimum absolute atomic E-state index is 0.0742. The standard InChI is InChI=1S/C19H18FN3O5/c1-27-21-6-7-22-15-9-14(13(20)8-16(15)28-10-17(22)24)23-18(25)11-4-2-3-5-12(11)19(23)26/h6,8-9H,2-5,7,10H2,1H3/b21-6+. The van der Waals surface area contributed by atoms with Crippen LogP contribution in [-0.4, -0.2) is 44.2 Å². The molecule has 3 aliphatic rings. The summed E-state index contributed by atoms with van der Waals surface area (Å²) in [5.41, 5.74) is 1.00. The molecule has 1 aliphatic carbocycles. The van der Waals surface area contributed by atoms with Gasteiger partial charge in [-0.1, -0.05) is 5.16 Å². The number of hydrogen-bond donors (Lipinski definition) is 0. The molecule has 0 fully saturated rings. The lowest BCUT2D eigenvalue weighted by molar-refractivity contribution is -0.121. The van der Waals surface area contributed by atoms with Gasteiger partial charge in [0.15, 0.2) is 12.4 Å². The summed E-state index contributed by atoms with van der Waals surface area (Å²) >= 11 is 0. The van der Waals surface area contributed by atoms with Crippen LogP contribution in [0.4, 0.5) is 15.8 Å². The number of carbonyl (C=O) groups is 3. The van der Waals surface area contributed by atoms with Crippen LogP contribution >= 0.6 is 0 Å². The van der Waals surface area contributed by atoms with Gasteiger partial charge >= 0.3 is 0 Å². The van der Waals surface area contributed by atoms with Gasteiger partial charge in [0.2, 0.25) is 0 Å². The van der Waals surface area contributed by atoms with Gasteiger partial charge in [0.1, 0.15) is 12.9 Å². The molecule has 0 saturated carbocycles. The highest BCUT2D eigenvalue weighted by atomic mass is 19.1. The van der Waals surface area contributed by atoms with E-state index in [9.17, 15) is 18.8 Å². The van der Waals surface area contributed by atoms with E-state index >= 15 is 0 Å². The molecule has 1 aromatic rings. The molecule has 8 nitrogen and oxygen atoms in total. The zero-order valence-corrected chi connectivity index (χ0v) is 15.2. The number of ether oxygens (including phenoxy) is 1. The minimum atomic E-state index is -0.764. The molecule has 0 bridgehead atoms. The van der Waals surface area contributed by atoms with E-state index in [1.807, 2.05) is 0 Å². The third-order valence-electron chi connectivity index (χ3n) is 5.05. The number of fused-ring (bicyclic) bond motifs is 1. The highest BCUT2D eigenvalue weighted by molar-refractivity contribution is 6.33. The van der Waals surface area contributed by atoms with Crippen LogP contribution in [0.5, 0.6) is 5.75 Å². The normalized spacial score (nSPS) is 19.3. The van der Waals surface area contributed by atoms with Crippen LogP contribution in [0.25, 0.3) is 0 Å². The Balaban J connectivity index is 1.74. The van der Waals surface area contributed by atoms with Crippen molar-refractivity contribution in [2.24, 2.45) is 5.16 Å². The molecular weight excluding hydrogens is 369 g/mol. The van der Waals surface area contributed by atoms with Gasteiger partial charge in [-0.15, -0.1) is 0 Å². The molecular formula is C19H18FN3O5. The Bertz CT molecular complexity index is 912. The first-order valence-electron chi connectivity index (χ1n) is 8.95. The maximum absolute atomic E-state index is 14.8. The van der Waals surface area contributed by atoms with Crippen molar-refractivity contribution < 1.29 is 28.3 Å². The van der Waals surface area contributed by atoms with Crippen molar-refractivity contribution in [3.8, 4) is 5.75 Å². The zero-order valence-electron chi connectivity index (χ0n) is 15.2. The van der Waals surface area contributed by atoms with E-state index in [0.29, 0.717) is 24.0 Å². The van der Waals surface area contributed by atoms with Crippen LogP contribution in [0.1, 0.15) is 25.7 Å². The number of oxime groups is 1. The Morgan fingerprint density at radius 3 is 2.46 bits per heavy atom. The Hall–Kier alpha value is -3.23.